The van der Waals surface area contributed by atoms with Gasteiger partial charge in [0.1, 0.15) is 6.29 Å². The zero-order chi connectivity index (χ0) is 18.1. The van der Waals surface area contributed by atoms with Gasteiger partial charge < -0.3 is 14.0 Å². The summed E-state index contributed by atoms with van der Waals surface area (Å²) in [6.07, 6.45) is 1.53. The van der Waals surface area contributed by atoms with Crippen molar-refractivity contribution in [1.29, 1.82) is 0 Å². The van der Waals surface area contributed by atoms with Gasteiger partial charge in [0.05, 0.1) is 23.4 Å². The van der Waals surface area contributed by atoms with Crippen LogP contribution >= 0.6 is 0 Å². The van der Waals surface area contributed by atoms with Crippen LogP contribution in [0.15, 0.2) is 12.1 Å². The quantitative estimate of drug-likeness (QED) is 0.471. The van der Waals surface area contributed by atoms with Gasteiger partial charge in [0.2, 0.25) is 0 Å². The second-order valence-corrected chi connectivity index (χ2v) is 6.74. The van der Waals surface area contributed by atoms with Crippen molar-refractivity contribution in [3.63, 3.8) is 0 Å². The summed E-state index contributed by atoms with van der Waals surface area (Å²) in [5, 5.41) is 0. The number of carbonyl (C=O) groups is 2. The normalized spacial score (nSPS) is 22.5. The molecule has 1 heterocycles. The summed E-state index contributed by atoms with van der Waals surface area (Å²) in [6, 6.07) is 3.22. The maximum absolute atomic E-state index is 12.2. The van der Waals surface area contributed by atoms with Gasteiger partial charge in [-0.05, 0) is 58.1 Å². The van der Waals surface area contributed by atoms with E-state index in [1.54, 1.807) is 26.0 Å². The topological polar surface area (TPSA) is 61.8 Å². The molecule has 0 radical (unpaired) electrons. The molecule has 1 aromatic carbocycles. The van der Waals surface area contributed by atoms with Crippen LogP contribution in [-0.2, 0) is 14.0 Å². The molecular formula is C18H25BO5. The number of ether oxygens (including phenoxy) is 1. The number of aldehydes is 1. The number of carbonyl (C=O) groups excluding carboxylic acids is 2. The van der Waals surface area contributed by atoms with E-state index in [1.165, 1.54) is 0 Å². The molecule has 1 unspecified atom stereocenters. The smallest absolute Gasteiger partial charge is 0.462 e. The maximum Gasteiger partial charge on any atom is 0.495 e. The number of benzene rings is 1. The fraction of sp³-hybridized carbons (Fsp3) is 0.556. The van der Waals surface area contributed by atoms with Gasteiger partial charge in [-0.3, -0.25) is 4.79 Å². The largest absolute Gasteiger partial charge is 0.495 e. The first-order chi connectivity index (χ1) is 11.2. The van der Waals surface area contributed by atoms with Crippen molar-refractivity contribution >= 4 is 24.8 Å². The third-order valence-electron chi connectivity index (χ3n) is 5.12. The second-order valence-electron chi connectivity index (χ2n) is 6.74. The van der Waals surface area contributed by atoms with Crippen LogP contribution in [-0.4, -0.2) is 37.2 Å². The standard InChI is InChI=1S/C18H25BO5/c1-7-18(6)17(4,5)23-19(24-18)15-12(3)14(16(21)22-8-2)10-9-13(15)11-20/h9-11H,7-8H2,1-6H3. The Hall–Kier alpha value is -1.66. The Bertz CT molecular complexity index is 655. The van der Waals surface area contributed by atoms with Crippen LogP contribution in [0.5, 0.6) is 0 Å². The van der Waals surface area contributed by atoms with Crippen LogP contribution in [0.3, 0.4) is 0 Å². The zero-order valence-electron chi connectivity index (χ0n) is 15.3. The highest BCUT2D eigenvalue weighted by molar-refractivity contribution is 6.64. The Morgan fingerprint density at radius 1 is 1.25 bits per heavy atom. The minimum absolute atomic E-state index is 0.292. The lowest BCUT2D eigenvalue weighted by molar-refractivity contribution is -0.0118. The minimum Gasteiger partial charge on any atom is -0.462 e. The summed E-state index contributed by atoms with van der Waals surface area (Å²) >= 11 is 0. The molecule has 1 saturated heterocycles. The highest BCUT2D eigenvalue weighted by atomic mass is 16.7. The SMILES string of the molecule is CCOC(=O)c1ccc(C=O)c(B2OC(C)(C)C(C)(CC)O2)c1C. The third kappa shape index (κ3) is 3.00. The van der Waals surface area contributed by atoms with Crippen LogP contribution in [0.1, 0.15) is 67.3 Å². The van der Waals surface area contributed by atoms with Gasteiger partial charge in [-0.15, -0.1) is 0 Å². The van der Waals surface area contributed by atoms with E-state index in [-0.39, 0.29) is 0 Å². The monoisotopic (exact) mass is 332 g/mol. The molecule has 1 aromatic rings. The van der Waals surface area contributed by atoms with Crippen LogP contribution in [0.25, 0.3) is 0 Å². The summed E-state index contributed by atoms with van der Waals surface area (Å²) in [4.78, 5) is 23.7. The van der Waals surface area contributed by atoms with E-state index in [2.05, 4.69) is 0 Å². The van der Waals surface area contributed by atoms with E-state index in [0.29, 0.717) is 28.8 Å². The molecule has 1 atom stereocenters. The van der Waals surface area contributed by atoms with E-state index in [4.69, 9.17) is 14.0 Å². The predicted molar refractivity (Wildman–Crippen MR) is 92.9 cm³/mol. The third-order valence-corrected chi connectivity index (χ3v) is 5.12. The first kappa shape index (κ1) is 18.7. The predicted octanol–water partition coefficient (Wildman–Crippen LogP) is 2.67. The summed E-state index contributed by atoms with van der Waals surface area (Å²) in [5.41, 5.74) is 1.14. The van der Waals surface area contributed by atoms with Crippen LogP contribution in [0.4, 0.5) is 0 Å². The van der Waals surface area contributed by atoms with Crippen LogP contribution < -0.4 is 5.46 Å². The fourth-order valence-electron chi connectivity index (χ4n) is 3.02. The first-order valence-corrected chi connectivity index (χ1v) is 8.32. The van der Waals surface area contributed by atoms with Gasteiger partial charge >= 0.3 is 13.1 Å². The van der Waals surface area contributed by atoms with Crippen molar-refractivity contribution in [2.75, 3.05) is 6.61 Å². The minimum atomic E-state index is -0.695. The molecule has 0 aliphatic carbocycles. The molecule has 1 fully saturated rings. The molecule has 1 aliphatic heterocycles. The fourth-order valence-corrected chi connectivity index (χ4v) is 3.02. The Kier molecular flexibility index (Phi) is 5.21. The molecule has 2 rings (SSSR count). The summed E-state index contributed by atoms with van der Waals surface area (Å²) in [5.74, 6) is -0.413. The van der Waals surface area contributed by atoms with Crippen molar-refractivity contribution < 1.29 is 23.6 Å². The highest BCUT2D eigenvalue weighted by Gasteiger charge is 2.54. The molecule has 5 nitrogen and oxygen atoms in total. The average Bonchev–Trinajstić information content (AvgIpc) is 2.77. The van der Waals surface area contributed by atoms with Gasteiger partial charge in [-0.25, -0.2) is 4.79 Å². The summed E-state index contributed by atoms with van der Waals surface area (Å²) < 4.78 is 17.4. The number of hydrogen-bond donors (Lipinski definition) is 0. The average molecular weight is 332 g/mol. The lowest BCUT2D eigenvalue weighted by atomic mass is 9.72. The van der Waals surface area contributed by atoms with Crippen molar-refractivity contribution in [3.8, 4) is 0 Å². The molecule has 0 amide bonds. The van der Waals surface area contributed by atoms with Gasteiger partial charge in [-0.2, -0.15) is 0 Å². The molecule has 0 bridgehead atoms. The van der Waals surface area contributed by atoms with Crippen molar-refractivity contribution in [1.82, 2.24) is 0 Å². The van der Waals surface area contributed by atoms with Gasteiger partial charge in [0.15, 0.2) is 0 Å². The van der Waals surface area contributed by atoms with Crippen molar-refractivity contribution in [3.05, 3.63) is 28.8 Å². The molecule has 0 aromatic heterocycles. The van der Waals surface area contributed by atoms with Crippen molar-refractivity contribution in [2.24, 2.45) is 0 Å². The van der Waals surface area contributed by atoms with E-state index < -0.39 is 24.3 Å². The highest BCUT2D eigenvalue weighted by Crippen LogP contribution is 2.39. The zero-order valence-corrected chi connectivity index (χ0v) is 15.3. The molecule has 1 aliphatic rings. The molecular weight excluding hydrogens is 307 g/mol. The molecule has 130 valence electrons. The van der Waals surface area contributed by atoms with Gasteiger partial charge in [0, 0.05) is 5.56 Å². The van der Waals surface area contributed by atoms with E-state index in [1.807, 2.05) is 27.7 Å². The Balaban J connectivity index is 2.52. The van der Waals surface area contributed by atoms with Crippen LogP contribution in [0, 0.1) is 6.92 Å². The second kappa shape index (κ2) is 6.69. The number of rotatable bonds is 5. The molecule has 6 heteroatoms. The number of hydrogen-bond acceptors (Lipinski definition) is 5. The van der Waals surface area contributed by atoms with Gasteiger partial charge in [-0.1, -0.05) is 13.0 Å². The Morgan fingerprint density at radius 3 is 2.42 bits per heavy atom. The molecule has 24 heavy (non-hydrogen) atoms. The Labute approximate surface area is 143 Å². The van der Waals surface area contributed by atoms with Gasteiger partial charge in [0.25, 0.3) is 0 Å². The molecule has 0 N–H and O–H groups in total. The molecule has 0 spiro atoms. The van der Waals surface area contributed by atoms with E-state index in [0.717, 1.165) is 12.7 Å². The maximum atomic E-state index is 12.2. The van der Waals surface area contributed by atoms with Crippen LogP contribution in [0.2, 0.25) is 0 Å². The summed E-state index contributed by atoms with van der Waals surface area (Å²) in [7, 11) is -0.695. The Morgan fingerprint density at radius 2 is 1.92 bits per heavy atom. The van der Waals surface area contributed by atoms with E-state index in [9.17, 15) is 9.59 Å². The van der Waals surface area contributed by atoms with Crippen molar-refractivity contribution in [2.45, 2.75) is 59.2 Å². The lowest BCUT2D eigenvalue weighted by Gasteiger charge is -2.35. The summed E-state index contributed by atoms with van der Waals surface area (Å²) in [6.45, 7) is 11.8. The first-order valence-electron chi connectivity index (χ1n) is 8.32. The molecule has 0 saturated carbocycles. The van der Waals surface area contributed by atoms with E-state index >= 15 is 0 Å². The lowest BCUT2D eigenvalue weighted by Crippen LogP contribution is -2.44. The number of esters is 1.